The van der Waals surface area contributed by atoms with Crippen molar-refractivity contribution in [2.45, 2.75) is 23.2 Å². The molecule has 0 spiro atoms. The predicted octanol–water partition coefficient (Wildman–Crippen LogP) is 3.89. The first-order chi connectivity index (χ1) is 16.4. The molecule has 1 aliphatic rings. The van der Waals surface area contributed by atoms with Gasteiger partial charge in [-0.2, -0.15) is 0 Å². The number of hydrogen-bond acceptors (Lipinski definition) is 4. The molecule has 0 radical (unpaired) electrons. The van der Waals surface area contributed by atoms with E-state index in [4.69, 9.17) is 4.74 Å². The number of anilines is 1. The van der Waals surface area contributed by atoms with E-state index in [1.165, 1.54) is 12.1 Å². The Balaban J connectivity index is 1.56. The number of carbonyl (C=O) groups is 1. The van der Waals surface area contributed by atoms with Gasteiger partial charge in [0.15, 0.2) is 0 Å². The molecule has 1 fully saturated rings. The number of carbonyl (C=O) groups excluding carboxylic acids is 1. The number of nitrogens with zero attached hydrogens (tertiary/aromatic N) is 1. The summed E-state index contributed by atoms with van der Waals surface area (Å²) in [6, 6.07) is 23.0. The molecule has 1 N–H and O–H groups in total. The van der Waals surface area contributed by atoms with Gasteiger partial charge in [-0.1, -0.05) is 48.5 Å². The van der Waals surface area contributed by atoms with Gasteiger partial charge in [0.05, 0.1) is 10.6 Å². The van der Waals surface area contributed by atoms with Gasteiger partial charge in [-0.3, -0.25) is 9.10 Å². The number of rotatable bonds is 8. The van der Waals surface area contributed by atoms with Crippen LogP contribution < -0.4 is 9.62 Å². The van der Waals surface area contributed by atoms with Crippen LogP contribution in [0.3, 0.4) is 0 Å². The minimum absolute atomic E-state index is 0.0873. The van der Waals surface area contributed by atoms with Gasteiger partial charge < -0.3 is 10.1 Å². The minimum atomic E-state index is -4.09. The number of benzene rings is 3. The SMILES string of the molecule is O=C(CN(c1ccccc1)S(=O)(=O)c1ccc(F)cc1)NCC1(c2ccccc2)CCOCC1. The van der Waals surface area contributed by atoms with Gasteiger partial charge in [0, 0.05) is 25.2 Å². The monoisotopic (exact) mass is 482 g/mol. The lowest BCUT2D eigenvalue weighted by Gasteiger charge is -2.38. The molecule has 8 heteroatoms. The van der Waals surface area contributed by atoms with Gasteiger partial charge in [-0.05, 0) is 54.8 Å². The molecule has 0 unspecified atom stereocenters. The zero-order valence-corrected chi connectivity index (χ0v) is 19.5. The molecular formula is C26H27FN2O4S. The fraction of sp³-hybridized carbons (Fsp3) is 0.269. The van der Waals surface area contributed by atoms with Crippen molar-refractivity contribution in [3.8, 4) is 0 Å². The highest BCUT2D eigenvalue weighted by Crippen LogP contribution is 2.34. The molecular weight excluding hydrogens is 455 g/mol. The number of nitrogens with one attached hydrogen (secondary N) is 1. The van der Waals surface area contributed by atoms with E-state index in [2.05, 4.69) is 5.32 Å². The first-order valence-electron chi connectivity index (χ1n) is 11.1. The maximum absolute atomic E-state index is 13.4. The fourth-order valence-electron chi connectivity index (χ4n) is 4.22. The van der Waals surface area contributed by atoms with Gasteiger partial charge in [0.1, 0.15) is 12.4 Å². The van der Waals surface area contributed by atoms with Crippen LogP contribution in [0.5, 0.6) is 0 Å². The zero-order valence-electron chi connectivity index (χ0n) is 18.7. The van der Waals surface area contributed by atoms with E-state index in [1.807, 2.05) is 30.3 Å². The van der Waals surface area contributed by atoms with E-state index in [0.717, 1.165) is 34.8 Å². The van der Waals surface area contributed by atoms with Crippen molar-refractivity contribution in [1.29, 1.82) is 0 Å². The molecule has 0 aromatic heterocycles. The third-order valence-corrected chi connectivity index (χ3v) is 7.98. The van der Waals surface area contributed by atoms with Gasteiger partial charge in [-0.15, -0.1) is 0 Å². The Morgan fingerprint density at radius 3 is 2.12 bits per heavy atom. The number of sulfonamides is 1. The Kier molecular flexibility index (Phi) is 7.29. The fourth-order valence-corrected chi connectivity index (χ4v) is 5.64. The Morgan fingerprint density at radius 2 is 1.50 bits per heavy atom. The van der Waals surface area contributed by atoms with Gasteiger partial charge in [-0.25, -0.2) is 12.8 Å². The molecule has 1 heterocycles. The standard InChI is InChI=1S/C26H27FN2O4S/c27-22-11-13-24(14-12-22)34(31,32)29(23-9-5-2-6-10-23)19-25(30)28-20-26(15-17-33-18-16-26)21-7-3-1-4-8-21/h1-14H,15-20H2,(H,28,30). The van der Waals surface area contributed by atoms with Gasteiger partial charge >= 0.3 is 0 Å². The number of hydrogen-bond donors (Lipinski definition) is 1. The summed E-state index contributed by atoms with van der Waals surface area (Å²) in [5.41, 5.74) is 1.20. The van der Waals surface area contributed by atoms with Crippen molar-refractivity contribution in [3.63, 3.8) is 0 Å². The van der Waals surface area contributed by atoms with Crippen LogP contribution in [0.2, 0.25) is 0 Å². The highest BCUT2D eigenvalue weighted by molar-refractivity contribution is 7.92. The summed E-state index contributed by atoms with van der Waals surface area (Å²) < 4.78 is 46.7. The molecule has 6 nitrogen and oxygen atoms in total. The molecule has 0 saturated carbocycles. The highest BCUT2D eigenvalue weighted by atomic mass is 32.2. The van der Waals surface area contributed by atoms with E-state index in [0.29, 0.717) is 25.4 Å². The lowest BCUT2D eigenvalue weighted by Crippen LogP contribution is -2.48. The van der Waals surface area contributed by atoms with E-state index in [9.17, 15) is 17.6 Å². The molecule has 0 aliphatic carbocycles. The van der Waals surface area contributed by atoms with Crippen molar-refractivity contribution < 1.29 is 22.3 Å². The lowest BCUT2D eigenvalue weighted by molar-refractivity contribution is -0.120. The minimum Gasteiger partial charge on any atom is -0.381 e. The molecule has 34 heavy (non-hydrogen) atoms. The molecule has 0 atom stereocenters. The summed E-state index contributed by atoms with van der Waals surface area (Å²) in [4.78, 5) is 13.0. The van der Waals surface area contributed by atoms with Crippen LogP contribution in [-0.4, -0.2) is 40.6 Å². The van der Waals surface area contributed by atoms with Crippen LogP contribution in [0.4, 0.5) is 10.1 Å². The van der Waals surface area contributed by atoms with Crippen molar-refractivity contribution >= 4 is 21.6 Å². The van der Waals surface area contributed by atoms with E-state index < -0.39 is 28.3 Å². The molecule has 178 valence electrons. The van der Waals surface area contributed by atoms with Crippen LogP contribution in [0, 0.1) is 5.82 Å². The zero-order chi connectivity index (χ0) is 24.0. The molecule has 0 bridgehead atoms. The quantitative estimate of drug-likeness (QED) is 0.529. The van der Waals surface area contributed by atoms with E-state index in [1.54, 1.807) is 30.3 Å². The van der Waals surface area contributed by atoms with Crippen LogP contribution >= 0.6 is 0 Å². The topological polar surface area (TPSA) is 75.7 Å². The Hall–Kier alpha value is -3.23. The van der Waals surface area contributed by atoms with Gasteiger partial charge in [0.25, 0.3) is 10.0 Å². The third kappa shape index (κ3) is 5.29. The first kappa shape index (κ1) is 23.9. The number of ether oxygens (including phenoxy) is 1. The first-order valence-corrected chi connectivity index (χ1v) is 12.6. The van der Waals surface area contributed by atoms with Crippen molar-refractivity contribution in [3.05, 3.63) is 96.3 Å². The summed E-state index contributed by atoms with van der Waals surface area (Å²) in [6.07, 6.45) is 1.52. The second kappa shape index (κ2) is 10.4. The molecule has 3 aromatic carbocycles. The maximum atomic E-state index is 13.4. The Labute approximate surface area is 199 Å². The van der Waals surface area contributed by atoms with Gasteiger partial charge in [0.2, 0.25) is 5.91 Å². The summed E-state index contributed by atoms with van der Waals surface area (Å²) >= 11 is 0. The number of halogens is 1. The molecule has 1 aliphatic heterocycles. The van der Waals surface area contributed by atoms with E-state index >= 15 is 0 Å². The summed E-state index contributed by atoms with van der Waals surface area (Å²) in [5, 5.41) is 2.96. The van der Waals surface area contributed by atoms with E-state index in [-0.39, 0.29) is 10.3 Å². The van der Waals surface area contributed by atoms with Crippen LogP contribution in [0.15, 0.2) is 89.8 Å². The van der Waals surface area contributed by atoms with Crippen molar-refractivity contribution in [2.24, 2.45) is 0 Å². The third-order valence-electron chi connectivity index (χ3n) is 6.19. The molecule has 1 amide bonds. The number of amides is 1. The van der Waals surface area contributed by atoms with Crippen molar-refractivity contribution in [2.75, 3.05) is 30.6 Å². The van der Waals surface area contributed by atoms with Crippen molar-refractivity contribution in [1.82, 2.24) is 5.32 Å². The normalized spacial score (nSPS) is 15.4. The summed E-state index contributed by atoms with van der Waals surface area (Å²) in [5.74, 6) is -0.957. The lowest BCUT2D eigenvalue weighted by atomic mass is 9.74. The van der Waals surface area contributed by atoms with Crippen LogP contribution in [-0.2, 0) is 25.0 Å². The number of para-hydroxylation sites is 1. The molecule has 4 rings (SSSR count). The Morgan fingerprint density at radius 1 is 0.912 bits per heavy atom. The molecule has 1 saturated heterocycles. The predicted molar refractivity (Wildman–Crippen MR) is 129 cm³/mol. The van der Waals surface area contributed by atoms with Crippen LogP contribution in [0.1, 0.15) is 18.4 Å². The smallest absolute Gasteiger partial charge is 0.264 e. The largest absolute Gasteiger partial charge is 0.381 e. The summed E-state index contributed by atoms with van der Waals surface area (Å²) in [7, 11) is -4.09. The second-order valence-corrected chi connectivity index (χ2v) is 10.2. The average Bonchev–Trinajstić information content (AvgIpc) is 2.88. The summed E-state index contributed by atoms with van der Waals surface area (Å²) in [6.45, 7) is 1.17. The Bertz CT molecular complexity index is 1200. The molecule has 3 aromatic rings. The second-order valence-electron chi connectivity index (χ2n) is 8.34. The highest BCUT2D eigenvalue weighted by Gasteiger charge is 2.35. The maximum Gasteiger partial charge on any atom is 0.264 e. The van der Waals surface area contributed by atoms with Crippen LogP contribution in [0.25, 0.3) is 0 Å². The average molecular weight is 483 g/mol.